The number of aliphatic hydroxyl groups is 1. The van der Waals surface area contributed by atoms with E-state index in [9.17, 15) is 5.11 Å². The number of hydrogen-bond donors (Lipinski definition) is 2. The van der Waals surface area contributed by atoms with Gasteiger partial charge in [0.1, 0.15) is 0 Å². The first-order chi connectivity index (χ1) is 6.63. The highest BCUT2D eigenvalue weighted by molar-refractivity contribution is 4.79. The van der Waals surface area contributed by atoms with Crippen LogP contribution in [-0.4, -0.2) is 48.8 Å². The number of piperidine rings is 1. The smallest absolute Gasteiger partial charge is 0.0639 e. The van der Waals surface area contributed by atoms with Gasteiger partial charge >= 0.3 is 0 Å². The van der Waals surface area contributed by atoms with E-state index in [2.05, 4.69) is 17.1 Å². The molecular formula is C11H24N2O. The molecule has 3 heteroatoms. The van der Waals surface area contributed by atoms with Gasteiger partial charge in [0.2, 0.25) is 0 Å². The van der Waals surface area contributed by atoms with E-state index in [1.165, 1.54) is 12.8 Å². The maximum Gasteiger partial charge on any atom is 0.0639 e. The molecule has 14 heavy (non-hydrogen) atoms. The van der Waals surface area contributed by atoms with Gasteiger partial charge in [-0.1, -0.05) is 0 Å². The van der Waals surface area contributed by atoms with Crippen molar-refractivity contribution < 1.29 is 5.11 Å². The molecule has 0 spiro atoms. The van der Waals surface area contributed by atoms with Crippen molar-refractivity contribution in [3.05, 3.63) is 0 Å². The molecule has 84 valence electrons. The summed E-state index contributed by atoms with van der Waals surface area (Å²) in [4.78, 5) is 2.36. The predicted octanol–water partition coefficient (Wildman–Crippen LogP) is 0.687. The van der Waals surface area contributed by atoms with Gasteiger partial charge in [0.15, 0.2) is 0 Å². The fourth-order valence-corrected chi connectivity index (χ4v) is 2.24. The second-order valence-corrected chi connectivity index (χ2v) is 4.56. The molecule has 0 aromatic rings. The van der Waals surface area contributed by atoms with E-state index in [0.717, 1.165) is 25.6 Å². The first kappa shape index (κ1) is 12.0. The Morgan fingerprint density at radius 3 is 2.36 bits per heavy atom. The van der Waals surface area contributed by atoms with Crippen LogP contribution < -0.4 is 5.32 Å². The summed E-state index contributed by atoms with van der Waals surface area (Å²) in [6, 6.07) is 0.628. The van der Waals surface area contributed by atoms with Crippen LogP contribution in [0.25, 0.3) is 0 Å². The lowest BCUT2D eigenvalue weighted by atomic mass is 9.90. The summed E-state index contributed by atoms with van der Waals surface area (Å²) in [7, 11) is 2.03. The van der Waals surface area contributed by atoms with Gasteiger partial charge in [-0.25, -0.2) is 0 Å². The Labute approximate surface area is 87.5 Å². The Hall–Kier alpha value is -0.120. The molecule has 1 aliphatic rings. The number of aliphatic hydroxyl groups excluding tert-OH is 1. The van der Waals surface area contributed by atoms with Crippen molar-refractivity contribution in [1.82, 2.24) is 10.2 Å². The third-order valence-electron chi connectivity index (χ3n) is 3.32. The summed E-state index contributed by atoms with van der Waals surface area (Å²) in [6.07, 6.45) is 2.33. The molecule has 1 saturated heterocycles. The molecule has 0 aliphatic carbocycles. The third kappa shape index (κ3) is 3.56. The molecule has 1 fully saturated rings. The van der Waals surface area contributed by atoms with E-state index in [4.69, 9.17) is 0 Å². The molecule has 0 radical (unpaired) electrons. The Bertz CT molecular complexity index is 153. The Balaban J connectivity index is 2.24. The SMILES string of the molecule is CNC(C)C1CCN(CC(C)O)CC1. The van der Waals surface area contributed by atoms with Crippen molar-refractivity contribution in [3.8, 4) is 0 Å². The summed E-state index contributed by atoms with van der Waals surface area (Å²) >= 11 is 0. The molecule has 2 N–H and O–H groups in total. The van der Waals surface area contributed by atoms with Crippen molar-refractivity contribution >= 4 is 0 Å². The number of nitrogens with one attached hydrogen (secondary N) is 1. The van der Waals surface area contributed by atoms with E-state index in [1.807, 2.05) is 14.0 Å². The Morgan fingerprint density at radius 1 is 1.36 bits per heavy atom. The second-order valence-electron chi connectivity index (χ2n) is 4.56. The van der Waals surface area contributed by atoms with Gasteiger partial charge in [-0.3, -0.25) is 0 Å². The highest BCUT2D eigenvalue weighted by atomic mass is 16.3. The Morgan fingerprint density at radius 2 is 1.93 bits per heavy atom. The molecule has 2 atom stereocenters. The van der Waals surface area contributed by atoms with Crippen molar-refractivity contribution in [2.45, 2.75) is 38.8 Å². The summed E-state index contributed by atoms with van der Waals surface area (Å²) in [5, 5.41) is 12.6. The Kier molecular flexibility index (Phi) is 4.85. The van der Waals surface area contributed by atoms with E-state index in [-0.39, 0.29) is 6.10 Å². The lowest BCUT2D eigenvalue weighted by Crippen LogP contribution is -2.42. The molecule has 0 aromatic carbocycles. The fraction of sp³-hybridized carbons (Fsp3) is 1.00. The van der Waals surface area contributed by atoms with Crippen LogP contribution in [0.2, 0.25) is 0 Å². The quantitative estimate of drug-likeness (QED) is 0.701. The van der Waals surface area contributed by atoms with E-state index in [1.54, 1.807) is 0 Å². The zero-order valence-corrected chi connectivity index (χ0v) is 9.66. The van der Waals surface area contributed by atoms with Gasteiger partial charge in [0.25, 0.3) is 0 Å². The number of β-amino-alcohol motifs (C(OH)–C–C–N with tert-alkyl or cyclic N) is 1. The van der Waals surface area contributed by atoms with Crippen LogP contribution in [0.1, 0.15) is 26.7 Å². The lowest BCUT2D eigenvalue weighted by molar-refractivity contribution is 0.0943. The molecule has 3 nitrogen and oxygen atoms in total. The van der Waals surface area contributed by atoms with Gasteiger partial charge in [0.05, 0.1) is 6.10 Å². The van der Waals surface area contributed by atoms with Crippen LogP contribution in [0.4, 0.5) is 0 Å². The van der Waals surface area contributed by atoms with Crippen LogP contribution in [0, 0.1) is 5.92 Å². The maximum atomic E-state index is 9.27. The summed E-state index contributed by atoms with van der Waals surface area (Å²) in [5.74, 6) is 0.810. The van der Waals surface area contributed by atoms with Crippen molar-refractivity contribution in [1.29, 1.82) is 0 Å². The fourth-order valence-electron chi connectivity index (χ4n) is 2.24. The predicted molar refractivity (Wildman–Crippen MR) is 59.4 cm³/mol. The third-order valence-corrected chi connectivity index (χ3v) is 3.32. The van der Waals surface area contributed by atoms with Crippen molar-refractivity contribution in [3.63, 3.8) is 0 Å². The van der Waals surface area contributed by atoms with Gasteiger partial charge in [-0.2, -0.15) is 0 Å². The monoisotopic (exact) mass is 200 g/mol. The number of likely N-dealkylation sites (tertiary alicyclic amines) is 1. The molecule has 0 saturated carbocycles. The maximum absolute atomic E-state index is 9.27. The number of rotatable bonds is 4. The van der Waals surface area contributed by atoms with Gasteiger partial charge in [-0.05, 0) is 52.7 Å². The lowest BCUT2D eigenvalue weighted by Gasteiger charge is -2.35. The molecule has 0 amide bonds. The van der Waals surface area contributed by atoms with Crippen molar-refractivity contribution in [2.75, 3.05) is 26.7 Å². The van der Waals surface area contributed by atoms with Gasteiger partial charge < -0.3 is 15.3 Å². The van der Waals surface area contributed by atoms with E-state index >= 15 is 0 Å². The van der Waals surface area contributed by atoms with Gasteiger partial charge in [0, 0.05) is 12.6 Å². The molecule has 1 heterocycles. The number of hydrogen-bond acceptors (Lipinski definition) is 3. The first-order valence-electron chi connectivity index (χ1n) is 5.71. The van der Waals surface area contributed by atoms with Crippen LogP contribution in [0.5, 0.6) is 0 Å². The first-order valence-corrected chi connectivity index (χ1v) is 5.71. The standard InChI is InChI=1S/C11H24N2O/c1-9(14)8-13-6-4-11(5-7-13)10(2)12-3/h9-12,14H,4-8H2,1-3H3. The zero-order chi connectivity index (χ0) is 10.6. The average Bonchev–Trinajstić information content (AvgIpc) is 2.17. The summed E-state index contributed by atoms with van der Waals surface area (Å²) < 4.78 is 0. The minimum Gasteiger partial charge on any atom is -0.392 e. The highest BCUT2D eigenvalue weighted by Gasteiger charge is 2.23. The second kappa shape index (κ2) is 5.69. The molecule has 0 bridgehead atoms. The van der Waals surface area contributed by atoms with Crippen LogP contribution in [0.3, 0.4) is 0 Å². The molecule has 0 aromatic heterocycles. The molecule has 1 rings (SSSR count). The largest absolute Gasteiger partial charge is 0.392 e. The molecule has 1 aliphatic heterocycles. The summed E-state index contributed by atoms with van der Waals surface area (Å²) in [6.45, 7) is 7.24. The van der Waals surface area contributed by atoms with Crippen molar-refractivity contribution in [2.24, 2.45) is 5.92 Å². The van der Waals surface area contributed by atoms with E-state index in [0.29, 0.717) is 6.04 Å². The highest BCUT2D eigenvalue weighted by Crippen LogP contribution is 2.20. The normalized spacial score (nSPS) is 24.9. The minimum absolute atomic E-state index is 0.187. The van der Waals surface area contributed by atoms with Crippen LogP contribution in [0.15, 0.2) is 0 Å². The van der Waals surface area contributed by atoms with Crippen LogP contribution >= 0.6 is 0 Å². The minimum atomic E-state index is -0.187. The summed E-state index contributed by atoms with van der Waals surface area (Å²) in [5.41, 5.74) is 0. The van der Waals surface area contributed by atoms with Crippen LogP contribution in [-0.2, 0) is 0 Å². The van der Waals surface area contributed by atoms with E-state index < -0.39 is 0 Å². The topological polar surface area (TPSA) is 35.5 Å². The number of nitrogens with zero attached hydrogens (tertiary/aromatic N) is 1. The zero-order valence-electron chi connectivity index (χ0n) is 9.66. The molecule has 2 unspecified atom stereocenters. The van der Waals surface area contributed by atoms with Gasteiger partial charge in [-0.15, -0.1) is 0 Å². The average molecular weight is 200 g/mol. The molecular weight excluding hydrogens is 176 g/mol.